The third kappa shape index (κ3) is 5.70. The zero-order valence-electron chi connectivity index (χ0n) is 14.7. The molecule has 2 N–H and O–H groups in total. The summed E-state index contributed by atoms with van der Waals surface area (Å²) in [4.78, 5) is 13.3. The number of hydrogen-bond acceptors (Lipinski definition) is 2. The lowest BCUT2D eigenvalue weighted by Gasteiger charge is -2.16. The van der Waals surface area contributed by atoms with Gasteiger partial charge in [-0.1, -0.05) is 37.3 Å². The van der Waals surface area contributed by atoms with Crippen LogP contribution in [-0.2, 0) is 11.3 Å². The average molecular weight is 327 g/mol. The summed E-state index contributed by atoms with van der Waals surface area (Å²) in [6.07, 6.45) is 0. The first kappa shape index (κ1) is 18.0. The highest BCUT2D eigenvalue weighted by Crippen LogP contribution is 2.12. The molecule has 4 heteroatoms. The molecule has 0 saturated heterocycles. The Kier molecular flexibility index (Phi) is 6.82. The number of methoxy groups -OCH3 is 1. The minimum Gasteiger partial charge on any atom is -0.497 e. The predicted molar refractivity (Wildman–Crippen MR) is 96.3 cm³/mol. The van der Waals surface area contributed by atoms with Crippen molar-refractivity contribution >= 4 is 5.91 Å². The molecule has 0 bridgehead atoms. The van der Waals surface area contributed by atoms with Gasteiger partial charge in [-0.05, 0) is 35.7 Å². The molecule has 2 rings (SSSR count). The van der Waals surface area contributed by atoms with E-state index in [9.17, 15) is 4.79 Å². The van der Waals surface area contributed by atoms with E-state index >= 15 is 0 Å². The Morgan fingerprint density at radius 3 is 2.42 bits per heavy atom. The fraction of sp³-hybridized carbons (Fsp3) is 0.350. The fourth-order valence-electron chi connectivity index (χ4n) is 2.66. The maximum absolute atomic E-state index is 12.1. The molecular formula is C20H27N2O2+. The molecular weight excluding hydrogens is 300 g/mol. The molecule has 128 valence electrons. The van der Waals surface area contributed by atoms with Crippen molar-refractivity contribution in [3.8, 4) is 5.75 Å². The molecule has 2 aromatic carbocycles. The van der Waals surface area contributed by atoms with Gasteiger partial charge in [0.15, 0.2) is 6.54 Å². The molecule has 0 saturated carbocycles. The van der Waals surface area contributed by atoms with E-state index in [4.69, 9.17) is 4.74 Å². The summed E-state index contributed by atoms with van der Waals surface area (Å²) in [6, 6.07) is 18.2. The normalized spacial score (nSPS) is 13.1. The largest absolute Gasteiger partial charge is 0.497 e. The summed E-state index contributed by atoms with van der Waals surface area (Å²) >= 11 is 0. The van der Waals surface area contributed by atoms with Gasteiger partial charge in [-0.25, -0.2) is 0 Å². The summed E-state index contributed by atoms with van der Waals surface area (Å²) in [6.45, 7) is 4.07. The van der Waals surface area contributed by atoms with Crippen molar-refractivity contribution in [3.05, 3.63) is 65.7 Å². The predicted octanol–water partition coefficient (Wildman–Crippen LogP) is 1.63. The van der Waals surface area contributed by atoms with Gasteiger partial charge in [0.25, 0.3) is 5.91 Å². The van der Waals surface area contributed by atoms with Gasteiger partial charge < -0.3 is 15.0 Å². The second kappa shape index (κ2) is 9.08. The number of nitrogens with one attached hydrogen (secondary N) is 2. The highest BCUT2D eigenvalue weighted by Gasteiger charge is 2.12. The van der Waals surface area contributed by atoms with Crippen LogP contribution in [0.5, 0.6) is 5.75 Å². The SMILES string of the molecule is COc1ccc(C[NH+](C)CC(=O)NC[C@H](C)c2ccccc2)cc1. The van der Waals surface area contributed by atoms with Crippen molar-refractivity contribution in [3.63, 3.8) is 0 Å². The van der Waals surface area contributed by atoms with Crippen LogP contribution in [0, 0.1) is 0 Å². The van der Waals surface area contributed by atoms with E-state index in [-0.39, 0.29) is 5.91 Å². The summed E-state index contributed by atoms with van der Waals surface area (Å²) < 4.78 is 5.16. The van der Waals surface area contributed by atoms with Gasteiger partial charge in [0.1, 0.15) is 12.3 Å². The Bertz CT molecular complexity index is 626. The maximum atomic E-state index is 12.1. The van der Waals surface area contributed by atoms with Crippen LogP contribution >= 0.6 is 0 Å². The molecule has 0 aromatic heterocycles. The van der Waals surface area contributed by atoms with E-state index < -0.39 is 0 Å². The van der Waals surface area contributed by atoms with Crippen molar-refractivity contribution in [1.82, 2.24) is 5.32 Å². The van der Waals surface area contributed by atoms with E-state index in [0.717, 1.165) is 17.2 Å². The van der Waals surface area contributed by atoms with Crippen LogP contribution in [-0.4, -0.2) is 33.2 Å². The van der Waals surface area contributed by atoms with Crippen molar-refractivity contribution in [2.45, 2.75) is 19.4 Å². The molecule has 0 spiro atoms. The first-order chi connectivity index (χ1) is 11.6. The fourth-order valence-corrected chi connectivity index (χ4v) is 2.66. The summed E-state index contributed by atoms with van der Waals surface area (Å²) in [5.74, 6) is 1.25. The van der Waals surface area contributed by atoms with Crippen molar-refractivity contribution < 1.29 is 14.4 Å². The quantitative estimate of drug-likeness (QED) is 0.774. The maximum Gasteiger partial charge on any atom is 0.275 e. The van der Waals surface area contributed by atoms with E-state index in [2.05, 4.69) is 24.4 Å². The second-order valence-electron chi connectivity index (χ2n) is 6.27. The zero-order valence-corrected chi connectivity index (χ0v) is 14.7. The van der Waals surface area contributed by atoms with Crippen molar-refractivity contribution in [2.75, 3.05) is 27.2 Å². The van der Waals surface area contributed by atoms with Crippen LogP contribution in [0.4, 0.5) is 0 Å². The number of amides is 1. The highest BCUT2D eigenvalue weighted by atomic mass is 16.5. The molecule has 4 nitrogen and oxygen atoms in total. The Morgan fingerprint density at radius 1 is 1.12 bits per heavy atom. The van der Waals surface area contributed by atoms with Gasteiger partial charge in [-0.3, -0.25) is 4.79 Å². The molecule has 2 aromatic rings. The van der Waals surface area contributed by atoms with Gasteiger partial charge in [0, 0.05) is 12.1 Å². The molecule has 0 radical (unpaired) electrons. The Hall–Kier alpha value is -2.33. The number of carbonyl (C=O) groups excluding carboxylic acids is 1. The lowest BCUT2D eigenvalue weighted by atomic mass is 10.0. The van der Waals surface area contributed by atoms with Gasteiger partial charge >= 0.3 is 0 Å². The number of likely N-dealkylation sites (N-methyl/N-ethyl adjacent to an activating group) is 1. The Balaban J connectivity index is 1.74. The van der Waals surface area contributed by atoms with Crippen LogP contribution < -0.4 is 15.0 Å². The van der Waals surface area contributed by atoms with E-state index in [1.807, 2.05) is 49.5 Å². The van der Waals surface area contributed by atoms with Crippen LogP contribution in [0.2, 0.25) is 0 Å². The van der Waals surface area contributed by atoms with Gasteiger partial charge in [-0.15, -0.1) is 0 Å². The van der Waals surface area contributed by atoms with Crippen molar-refractivity contribution in [1.29, 1.82) is 0 Å². The summed E-state index contributed by atoms with van der Waals surface area (Å²) in [5.41, 5.74) is 2.44. The van der Waals surface area contributed by atoms with Crippen LogP contribution in [0.1, 0.15) is 24.0 Å². The lowest BCUT2D eigenvalue weighted by molar-refractivity contribution is -0.885. The molecule has 1 unspecified atom stereocenters. The minimum absolute atomic E-state index is 0.0868. The number of quaternary nitrogens is 1. The first-order valence-corrected chi connectivity index (χ1v) is 8.34. The van der Waals surface area contributed by atoms with Crippen molar-refractivity contribution in [2.24, 2.45) is 0 Å². The second-order valence-corrected chi connectivity index (χ2v) is 6.27. The number of carbonyl (C=O) groups is 1. The molecule has 2 atom stereocenters. The number of hydrogen-bond donors (Lipinski definition) is 2. The standard InChI is InChI=1S/C20H26N2O2/c1-16(18-7-5-4-6-8-18)13-21-20(23)15-22(2)14-17-9-11-19(24-3)12-10-17/h4-12,16H,13-15H2,1-3H3,(H,21,23)/p+1/t16-/m0/s1. The first-order valence-electron chi connectivity index (χ1n) is 8.34. The van der Waals surface area contributed by atoms with E-state index in [0.29, 0.717) is 19.0 Å². The molecule has 0 aliphatic heterocycles. The van der Waals surface area contributed by atoms with Gasteiger partial charge in [0.2, 0.25) is 0 Å². The Morgan fingerprint density at radius 2 is 1.79 bits per heavy atom. The molecule has 24 heavy (non-hydrogen) atoms. The smallest absolute Gasteiger partial charge is 0.275 e. The summed E-state index contributed by atoms with van der Waals surface area (Å²) in [7, 11) is 3.69. The lowest BCUT2D eigenvalue weighted by Crippen LogP contribution is -3.08. The monoisotopic (exact) mass is 327 g/mol. The van der Waals surface area contributed by atoms with Crippen LogP contribution in [0.25, 0.3) is 0 Å². The van der Waals surface area contributed by atoms with Crippen LogP contribution in [0.15, 0.2) is 54.6 Å². The third-order valence-corrected chi connectivity index (χ3v) is 4.10. The average Bonchev–Trinajstić information content (AvgIpc) is 2.61. The molecule has 1 amide bonds. The van der Waals surface area contributed by atoms with E-state index in [1.165, 1.54) is 11.1 Å². The molecule has 0 heterocycles. The summed E-state index contributed by atoms with van der Waals surface area (Å²) in [5, 5.41) is 3.04. The zero-order chi connectivity index (χ0) is 17.4. The number of ether oxygens (including phenoxy) is 1. The van der Waals surface area contributed by atoms with Crippen LogP contribution in [0.3, 0.4) is 0 Å². The van der Waals surface area contributed by atoms with Gasteiger partial charge in [0.05, 0.1) is 14.2 Å². The van der Waals surface area contributed by atoms with E-state index in [1.54, 1.807) is 7.11 Å². The molecule has 0 aliphatic carbocycles. The Labute approximate surface area is 144 Å². The van der Waals surface area contributed by atoms with Gasteiger partial charge in [-0.2, -0.15) is 0 Å². The number of benzene rings is 2. The molecule has 0 fully saturated rings. The number of rotatable bonds is 8. The topological polar surface area (TPSA) is 42.8 Å². The third-order valence-electron chi connectivity index (χ3n) is 4.10. The highest BCUT2D eigenvalue weighted by molar-refractivity contribution is 5.76. The minimum atomic E-state index is 0.0868. The molecule has 0 aliphatic rings.